The summed E-state index contributed by atoms with van der Waals surface area (Å²) in [6.07, 6.45) is 3.94. The number of rotatable bonds is 4. The van der Waals surface area contributed by atoms with Crippen molar-refractivity contribution in [2.24, 2.45) is 5.84 Å². The van der Waals surface area contributed by atoms with E-state index in [0.29, 0.717) is 13.0 Å². The van der Waals surface area contributed by atoms with Gasteiger partial charge in [-0.3, -0.25) is 14.8 Å². The lowest BCUT2D eigenvalue weighted by atomic mass is 10.3. The summed E-state index contributed by atoms with van der Waals surface area (Å²) in [6, 6.07) is 5.63. The molecule has 0 aliphatic heterocycles. The lowest BCUT2D eigenvalue weighted by Crippen LogP contribution is -2.31. The van der Waals surface area contributed by atoms with Crippen molar-refractivity contribution in [1.29, 1.82) is 0 Å². The molecule has 12 heavy (non-hydrogen) atoms. The molecule has 0 saturated heterocycles. The smallest absolute Gasteiger partial charge is 0.272 e. The van der Waals surface area contributed by atoms with Crippen LogP contribution in [0, 0.1) is 0 Å². The Labute approximate surface area is 71.0 Å². The Morgan fingerprint density at radius 3 is 3.00 bits per heavy atom. The maximum Gasteiger partial charge on any atom is 0.327 e. The molecule has 1 heterocycles. The van der Waals surface area contributed by atoms with E-state index < -0.39 is 0 Å². The van der Waals surface area contributed by atoms with E-state index in [-0.39, 0.29) is 0 Å². The van der Waals surface area contributed by atoms with Gasteiger partial charge in [-0.1, -0.05) is 6.07 Å². The van der Waals surface area contributed by atoms with E-state index in [1.807, 2.05) is 18.2 Å². The van der Waals surface area contributed by atoms with Crippen molar-refractivity contribution in [3.63, 3.8) is 0 Å². The number of carbonyl (C=O) groups excluding carboxylic acids is 1. The maximum atomic E-state index is 9.98. The number of pyridine rings is 1. The molecule has 1 rings (SSSR count). The first-order valence-electron chi connectivity index (χ1n) is 3.63. The second kappa shape index (κ2) is 4.46. The Morgan fingerprint density at radius 2 is 2.42 bits per heavy atom. The van der Waals surface area contributed by atoms with Crippen molar-refractivity contribution < 1.29 is 4.79 Å². The van der Waals surface area contributed by atoms with Gasteiger partial charge in [-0.25, -0.2) is 5.84 Å². The summed E-state index contributed by atoms with van der Waals surface area (Å²) < 4.78 is 0. The highest BCUT2D eigenvalue weighted by Gasteiger charge is 1.96. The normalized spacial score (nSPS) is 9.42. The van der Waals surface area contributed by atoms with E-state index in [4.69, 9.17) is 5.84 Å². The number of hydrazine groups is 1. The minimum atomic E-state index is 0.445. The van der Waals surface area contributed by atoms with Crippen LogP contribution in [0.5, 0.6) is 0 Å². The van der Waals surface area contributed by atoms with Crippen molar-refractivity contribution in [1.82, 2.24) is 9.99 Å². The van der Waals surface area contributed by atoms with Crippen LogP contribution in [0.25, 0.3) is 0 Å². The summed E-state index contributed by atoms with van der Waals surface area (Å²) in [4.78, 5) is 14.1. The van der Waals surface area contributed by atoms with Gasteiger partial charge in [0, 0.05) is 24.9 Å². The van der Waals surface area contributed by atoms with Crippen LogP contribution in [0.15, 0.2) is 24.4 Å². The standard InChI is InChI=1S/C8H10N3O/c9-11(7-12)6-4-8-3-1-2-5-10-8/h1-3,5H,4,6,9H2. The highest BCUT2D eigenvalue weighted by Crippen LogP contribution is 1.94. The van der Waals surface area contributed by atoms with Gasteiger partial charge in [-0.15, -0.1) is 0 Å². The molecule has 0 aliphatic carbocycles. The molecular weight excluding hydrogens is 154 g/mol. The molecule has 0 unspecified atom stereocenters. The second-order valence-electron chi connectivity index (χ2n) is 2.36. The number of aromatic nitrogens is 1. The average Bonchev–Trinajstić information content (AvgIpc) is 2.16. The van der Waals surface area contributed by atoms with Crippen molar-refractivity contribution in [3.05, 3.63) is 30.1 Å². The number of amides is 1. The quantitative estimate of drug-likeness (QED) is 0.292. The number of nitrogens with zero attached hydrogens (tertiary/aromatic N) is 2. The van der Waals surface area contributed by atoms with Gasteiger partial charge < -0.3 is 0 Å². The zero-order valence-corrected chi connectivity index (χ0v) is 6.60. The number of nitrogens with two attached hydrogens (primary N) is 1. The van der Waals surface area contributed by atoms with Gasteiger partial charge in [0.1, 0.15) is 0 Å². The zero-order chi connectivity index (χ0) is 8.81. The molecule has 4 nitrogen and oxygen atoms in total. The lowest BCUT2D eigenvalue weighted by Gasteiger charge is -2.07. The first kappa shape index (κ1) is 8.67. The van der Waals surface area contributed by atoms with Crippen LogP contribution in [0.1, 0.15) is 5.69 Å². The summed E-state index contributed by atoms with van der Waals surface area (Å²) in [5.41, 5.74) is 0.920. The van der Waals surface area contributed by atoms with Crippen LogP contribution in [-0.2, 0) is 11.2 Å². The van der Waals surface area contributed by atoms with E-state index in [0.717, 1.165) is 10.7 Å². The third-order valence-corrected chi connectivity index (χ3v) is 1.45. The van der Waals surface area contributed by atoms with Crippen molar-refractivity contribution in [2.45, 2.75) is 6.42 Å². The molecule has 0 bridgehead atoms. The van der Waals surface area contributed by atoms with E-state index in [2.05, 4.69) is 4.98 Å². The fourth-order valence-electron chi connectivity index (χ4n) is 0.827. The Balaban J connectivity index is 2.38. The molecule has 0 saturated carbocycles. The monoisotopic (exact) mass is 164 g/mol. The fraction of sp³-hybridized carbons (Fsp3) is 0.250. The van der Waals surface area contributed by atoms with Crippen LogP contribution < -0.4 is 5.84 Å². The minimum Gasteiger partial charge on any atom is -0.272 e. The van der Waals surface area contributed by atoms with Crippen molar-refractivity contribution in [2.75, 3.05) is 6.54 Å². The first-order valence-corrected chi connectivity index (χ1v) is 3.63. The fourth-order valence-corrected chi connectivity index (χ4v) is 0.827. The van der Waals surface area contributed by atoms with Gasteiger partial charge in [0.15, 0.2) is 0 Å². The molecule has 0 atom stereocenters. The van der Waals surface area contributed by atoms with Crippen LogP contribution in [-0.4, -0.2) is 22.9 Å². The molecule has 0 spiro atoms. The van der Waals surface area contributed by atoms with Crippen LogP contribution in [0.3, 0.4) is 0 Å². The Hall–Kier alpha value is -1.42. The molecule has 0 aliphatic rings. The number of hydrogen-bond donors (Lipinski definition) is 1. The summed E-state index contributed by atoms with van der Waals surface area (Å²) in [5.74, 6) is 5.20. The molecule has 1 radical (unpaired) electrons. The topological polar surface area (TPSA) is 59.2 Å². The van der Waals surface area contributed by atoms with E-state index >= 15 is 0 Å². The zero-order valence-electron chi connectivity index (χ0n) is 6.60. The van der Waals surface area contributed by atoms with Crippen LogP contribution in [0.4, 0.5) is 0 Å². The Bertz CT molecular complexity index is 237. The van der Waals surface area contributed by atoms with Gasteiger partial charge in [-0.2, -0.15) is 0 Å². The SMILES string of the molecule is NN([C]=O)CCc1ccccn1. The van der Waals surface area contributed by atoms with Gasteiger partial charge in [-0.05, 0) is 12.1 Å². The van der Waals surface area contributed by atoms with Gasteiger partial charge in [0.05, 0.1) is 0 Å². The van der Waals surface area contributed by atoms with E-state index in [9.17, 15) is 4.79 Å². The minimum absolute atomic E-state index is 0.445. The molecule has 1 aromatic heterocycles. The summed E-state index contributed by atoms with van der Waals surface area (Å²) in [7, 11) is 0. The van der Waals surface area contributed by atoms with Gasteiger partial charge in [0.25, 0.3) is 0 Å². The predicted octanol–water partition coefficient (Wildman–Crippen LogP) is -0.133. The van der Waals surface area contributed by atoms with E-state index in [1.54, 1.807) is 12.6 Å². The molecule has 4 heteroatoms. The largest absolute Gasteiger partial charge is 0.327 e. The van der Waals surface area contributed by atoms with Gasteiger partial charge >= 0.3 is 6.41 Å². The maximum absolute atomic E-state index is 9.98. The molecule has 2 N–H and O–H groups in total. The lowest BCUT2D eigenvalue weighted by molar-refractivity contribution is 0.394. The van der Waals surface area contributed by atoms with Crippen molar-refractivity contribution >= 4 is 6.41 Å². The van der Waals surface area contributed by atoms with Crippen LogP contribution in [0.2, 0.25) is 0 Å². The highest BCUT2D eigenvalue weighted by molar-refractivity contribution is 5.46. The Kier molecular flexibility index (Phi) is 3.22. The molecular formula is C8H10N3O. The van der Waals surface area contributed by atoms with Crippen LogP contribution >= 0.6 is 0 Å². The van der Waals surface area contributed by atoms with Gasteiger partial charge in [0.2, 0.25) is 0 Å². The third kappa shape index (κ3) is 2.67. The molecule has 1 amide bonds. The molecule has 0 aromatic carbocycles. The highest BCUT2D eigenvalue weighted by atomic mass is 16.1. The summed E-state index contributed by atoms with van der Waals surface area (Å²) in [6.45, 7) is 0.445. The summed E-state index contributed by atoms with van der Waals surface area (Å²) in [5, 5.41) is 0.981. The Morgan fingerprint density at radius 1 is 1.58 bits per heavy atom. The second-order valence-corrected chi connectivity index (χ2v) is 2.36. The van der Waals surface area contributed by atoms with E-state index in [1.165, 1.54) is 0 Å². The third-order valence-electron chi connectivity index (χ3n) is 1.45. The molecule has 63 valence electrons. The van der Waals surface area contributed by atoms with Crippen molar-refractivity contribution in [3.8, 4) is 0 Å². The summed E-state index contributed by atoms with van der Waals surface area (Å²) >= 11 is 0. The predicted molar refractivity (Wildman–Crippen MR) is 44.5 cm³/mol. The molecule has 0 fully saturated rings. The molecule has 1 aromatic rings. The number of hydrogen-bond acceptors (Lipinski definition) is 3. The average molecular weight is 164 g/mol. The first-order chi connectivity index (χ1) is 5.83.